The summed E-state index contributed by atoms with van der Waals surface area (Å²) >= 11 is 0. The van der Waals surface area contributed by atoms with E-state index in [1.54, 1.807) is 14.0 Å². The Bertz CT molecular complexity index is 768. The lowest BCUT2D eigenvalue weighted by Gasteiger charge is -2.25. The van der Waals surface area contributed by atoms with Crippen LogP contribution in [0.5, 0.6) is 0 Å². The minimum absolute atomic E-state index is 0.0695. The maximum absolute atomic E-state index is 13.9. The number of hydrogen-bond donors (Lipinski definition) is 3. The highest BCUT2D eigenvalue weighted by Gasteiger charge is 2.26. The number of aliphatic hydroxyl groups is 1. The fourth-order valence-electron chi connectivity index (χ4n) is 2.19. The van der Waals surface area contributed by atoms with Crippen molar-refractivity contribution in [3.63, 3.8) is 0 Å². The average Bonchev–Trinajstić information content (AvgIpc) is 2.94. The quantitative estimate of drug-likeness (QED) is 0.733. The van der Waals surface area contributed by atoms with E-state index in [1.165, 1.54) is 24.8 Å². The van der Waals surface area contributed by atoms with Gasteiger partial charge in [-0.1, -0.05) is 0 Å². The van der Waals surface area contributed by atoms with E-state index >= 15 is 0 Å². The second-order valence-corrected chi connectivity index (χ2v) is 6.27. The lowest BCUT2D eigenvalue weighted by atomic mass is 10.1. The SMILES string of the molecule is C[C@H](CN(C)C(=O)c1cc(F)c2n[nH]nc2c1)NC(=O)C(C)(C)O. The molecule has 8 nitrogen and oxygen atoms in total. The van der Waals surface area contributed by atoms with Gasteiger partial charge in [0, 0.05) is 25.2 Å². The van der Waals surface area contributed by atoms with Crippen molar-refractivity contribution in [2.45, 2.75) is 32.4 Å². The maximum atomic E-state index is 13.9. The maximum Gasteiger partial charge on any atom is 0.253 e. The number of rotatable bonds is 5. The lowest BCUT2D eigenvalue weighted by molar-refractivity contribution is -0.137. The summed E-state index contributed by atoms with van der Waals surface area (Å²) in [6.07, 6.45) is 0. The van der Waals surface area contributed by atoms with Crippen LogP contribution in [0.3, 0.4) is 0 Å². The second-order valence-electron chi connectivity index (χ2n) is 6.27. The highest BCUT2D eigenvalue weighted by molar-refractivity contribution is 5.97. The van der Waals surface area contributed by atoms with Gasteiger partial charge in [0.2, 0.25) is 0 Å². The number of H-pyrrole nitrogens is 1. The van der Waals surface area contributed by atoms with Crippen molar-refractivity contribution in [3.8, 4) is 0 Å². The Hall–Kier alpha value is -2.55. The molecule has 2 aromatic rings. The predicted octanol–water partition coefficient (Wildman–Crippen LogP) is 0.445. The van der Waals surface area contributed by atoms with Gasteiger partial charge in [-0.05, 0) is 32.9 Å². The van der Waals surface area contributed by atoms with E-state index in [0.717, 1.165) is 6.07 Å². The third-order valence-corrected chi connectivity index (χ3v) is 3.45. The molecule has 9 heteroatoms. The highest BCUT2D eigenvalue weighted by Crippen LogP contribution is 2.16. The lowest BCUT2D eigenvalue weighted by Crippen LogP contribution is -2.49. The van der Waals surface area contributed by atoms with E-state index in [0.29, 0.717) is 0 Å². The molecule has 0 saturated carbocycles. The Balaban J connectivity index is 2.07. The zero-order chi connectivity index (χ0) is 18.1. The summed E-state index contributed by atoms with van der Waals surface area (Å²) in [5, 5.41) is 22.0. The second kappa shape index (κ2) is 6.52. The van der Waals surface area contributed by atoms with Crippen LogP contribution < -0.4 is 5.32 Å². The third-order valence-electron chi connectivity index (χ3n) is 3.45. The molecule has 1 atom stereocenters. The Kier molecular flexibility index (Phi) is 4.83. The molecule has 0 bridgehead atoms. The van der Waals surface area contributed by atoms with E-state index in [-0.39, 0.29) is 23.1 Å². The number of hydrogen-bond acceptors (Lipinski definition) is 5. The normalized spacial score (nSPS) is 12.9. The van der Waals surface area contributed by atoms with Gasteiger partial charge in [0.15, 0.2) is 5.82 Å². The largest absolute Gasteiger partial charge is 0.381 e. The summed E-state index contributed by atoms with van der Waals surface area (Å²) in [5.41, 5.74) is -1.04. The topological polar surface area (TPSA) is 111 Å². The minimum Gasteiger partial charge on any atom is -0.381 e. The van der Waals surface area contributed by atoms with Crippen LogP contribution in [0.15, 0.2) is 12.1 Å². The summed E-state index contributed by atoms with van der Waals surface area (Å²) in [4.78, 5) is 25.5. The molecule has 0 fully saturated rings. The number of nitrogens with zero attached hydrogens (tertiary/aromatic N) is 3. The molecule has 0 aliphatic heterocycles. The number of amides is 2. The molecule has 0 aliphatic rings. The number of carbonyl (C=O) groups excluding carboxylic acids is 2. The Labute approximate surface area is 138 Å². The third kappa shape index (κ3) is 3.85. The van der Waals surface area contributed by atoms with Crippen LogP contribution in [-0.4, -0.2) is 62.5 Å². The van der Waals surface area contributed by atoms with Gasteiger partial charge in [-0.3, -0.25) is 9.59 Å². The molecule has 24 heavy (non-hydrogen) atoms. The Morgan fingerprint density at radius 1 is 1.42 bits per heavy atom. The zero-order valence-electron chi connectivity index (χ0n) is 13.9. The van der Waals surface area contributed by atoms with Crippen molar-refractivity contribution in [1.82, 2.24) is 25.6 Å². The minimum atomic E-state index is -1.50. The first-order valence-electron chi connectivity index (χ1n) is 7.38. The molecular weight excluding hydrogens is 317 g/mol. The van der Waals surface area contributed by atoms with Crippen molar-refractivity contribution in [2.75, 3.05) is 13.6 Å². The van der Waals surface area contributed by atoms with Crippen LogP contribution in [0.4, 0.5) is 4.39 Å². The number of aromatic nitrogens is 3. The summed E-state index contributed by atoms with van der Waals surface area (Å²) in [6.45, 7) is 4.65. The van der Waals surface area contributed by atoms with Gasteiger partial charge in [0.05, 0.1) is 0 Å². The molecule has 0 radical (unpaired) electrons. The van der Waals surface area contributed by atoms with Crippen molar-refractivity contribution in [1.29, 1.82) is 0 Å². The Morgan fingerprint density at radius 2 is 2.08 bits per heavy atom. The van der Waals surface area contributed by atoms with E-state index in [1.807, 2.05) is 0 Å². The first-order chi connectivity index (χ1) is 11.1. The monoisotopic (exact) mass is 337 g/mol. The van der Waals surface area contributed by atoms with Crippen molar-refractivity contribution < 1.29 is 19.1 Å². The molecular formula is C15H20FN5O3. The molecule has 0 spiro atoms. The smallest absolute Gasteiger partial charge is 0.253 e. The molecule has 2 amide bonds. The van der Waals surface area contributed by atoms with E-state index < -0.39 is 29.3 Å². The van der Waals surface area contributed by atoms with Gasteiger partial charge in [-0.2, -0.15) is 15.4 Å². The first-order valence-corrected chi connectivity index (χ1v) is 7.38. The standard InChI is InChI=1S/C15H20FN5O3/c1-8(17-14(23)15(2,3)24)7-21(4)13(22)9-5-10(16)12-11(6-9)18-20-19-12/h5-6,8,24H,7H2,1-4H3,(H,17,23)(H,18,19,20)/t8-/m1/s1. The molecule has 1 aromatic heterocycles. The van der Waals surface area contributed by atoms with Gasteiger partial charge < -0.3 is 15.3 Å². The van der Waals surface area contributed by atoms with E-state index in [9.17, 15) is 19.1 Å². The summed E-state index contributed by atoms with van der Waals surface area (Å²) in [7, 11) is 1.54. The molecule has 1 aromatic carbocycles. The molecule has 3 N–H and O–H groups in total. The first kappa shape index (κ1) is 17.8. The zero-order valence-corrected chi connectivity index (χ0v) is 13.9. The molecule has 2 rings (SSSR count). The van der Waals surface area contributed by atoms with Crippen LogP contribution in [0.25, 0.3) is 11.0 Å². The van der Waals surface area contributed by atoms with Crippen molar-refractivity contribution in [2.24, 2.45) is 0 Å². The number of benzene rings is 1. The predicted molar refractivity (Wildman–Crippen MR) is 84.7 cm³/mol. The van der Waals surface area contributed by atoms with E-state index in [2.05, 4.69) is 20.7 Å². The number of fused-ring (bicyclic) bond motifs is 1. The van der Waals surface area contributed by atoms with Crippen molar-refractivity contribution in [3.05, 3.63) is 23.5 Å². The van der Waals surface area contributed by atoms with Gasteiger partial charge in [0.1, 0.15) is 16.6 Å². The molecule has 130 valence electrons. The number of aromatic amines is 1. The summed E-state index contributed by atoms with van der Waals surface area (Å²) < 4.78 is 13.9. The number of likely N-dealkylation sites (N-methyl/N-ethyl adjacent to an activating group) is 1. The van der Waals surface area contributed by atoms with Gasteiger partial charge >= 0.3 is 0 Å². The molecule has 0 aliphatic carbocycles. The van der Waals surface area contributed by atoms with Gasteiger partial charge in [0.25, 0.3) is 11.8 Å². The van der Waals surface area contributed by atoms with Crippen LogP contribution in [0, 0.1) is 5.82 Å². The average molecular weight is 337 g/mol. The Morgan fingerprint density at radius 3 is 2.71 bits per heavy atom. The molecule has 1 heterocycles. The fourth-order valence-corrected chi connectivity index (χ4v) is 2.19. The van der Waals surface area contributed by atoms with Crippen LogP contribution >= 0.6 is 0 Å². The highest BCUT2D eigenvalue weighted by atomic mass is 19.1. The van der Waals surface area contributed by atoms with Crippen LogP contribution in [-0.2, 0) is 4.79 Å². The molecule has 0 saturated heterocycles. The summed E-state index contributed by atoms with van der Waals surface area (Å²) in [6, 6.07) is 2.16. The van der Waals surface area contributed by atoms with Gasteiger partial charge in [-0.25, -0.2) is 4.39 Å². The summed E-state index contributed by atoms with van der Waals surface area (Å²) in [5.74, 6) is -1.59. The van der Waals surface area contributed by atoms with E-state index in [4.69, 9.17) is 0 Å². The van der Waals surface area contributed by atoms with Gasteiger partial charge in [-0.15, -0.1) is 0 Å². The number of nitrogens with one attached hydrogen (secondary N) is 2. The fraction of sp³-hybridized carbons (Fsp3) is 0.467. The molecule has 0 unspecified atom stereocenters. The number of carbonyl (C=O) groups is 2. The van der Waals surface area contributed by atoms with Crippen molar-refractivity contribution >= 4 is 22.8 Å². The van der Waals surface area contributed by atoms with Crippen LogP contribution in [0.1, 0.15) is 31.1 Å². The van der Waals surface area contributed by atoms with Crippen LogP contribution in [0.2, 0.25) is 0 Å². The number of halogens is 1.